The van der Waals surface area contributed by atoms with Gasteiger partial charge < -0.3 is 10.5 Å². The van der Waals surface area contributed by atoms with E-state index in [-0.39, 0.29) is 0 Å². The second-order valence-electron chi connectivity index (χ2n) is 4.62. The predicted molar refractivity (Wildman–Crippen MR) is 75.3 cm³/mol. The number of esters is 1. The summed E-state index contributed by atoms with van der Waals surface area (Å²) in [5.41, 5.74) is 8.31. The topological polar surface area (TPSA) is 65.2 Å². The fourth-order valence-electron chi connectivity index (χ4n) is 2.09. The van der Waals surface area contributed by atoms with Gasteiger partial charge in [0.25, 0.3) is 0 Å². The Kier molecular flexibility index (Phi) is 2.98. The van der Waals surface area contributed by atoms with E-state index in [1.54, 1.807) is 0 Å². The average molecular weight is 274 g/mol. The van der Waals surface area contributed by atoms with Gasteiger partial charge in [0.1, 0.15) is 0 Å². The fraction of sp³-hybridized carbons (Fsp3) is 0.286. The Labute approximate surface area is 115 Å². The van der Waals surface area contributed by atoms with Crippen molar-refractivity contribution in [1.82, 2.24) is 4.98 Å². The highest BCUT2D eigenvalue weighted by Gasteiger charge is 2.24. The van der Waals surface area contributed by atoms with Crippen molar-refractivity contribution < 1.29 is 9.53 Å². The molecule has 1 aliphatic rings. The molecule has 4 nitrogen and oxygen atoms in total. The maximum absolute atomic E-state index is 11.7. The van der Waals surface area contributed by atoms with Crippen molar-refractivity contribution in [2.24, 2.45) is 0 Å². The molecule has 0 atom stereocenters. The van der Waals surface area contributed by atoms with E-state index in [0.29, 0.717) is 10.8 Å². The zero-order chi connectivity index (χ0) is 13.4. The molecule has 2 aromatic rings. The number of nitrogens with zero attached hydrogens (tertiary/aromatic N) is 1. The molecule has 0 radical (unpaired) electrons. The number of methoxy groups -OCH3 is 1. The van der Waals surface area contributed by atoms with Crippen molar-refractivity contribution in [1.29, 1.82) is 0 Å². The average Bonchev–Trinajstić information content (AvgIpc) is 3.21. The van der Waals surface area contributed by atoms with Crippen LogP contribution < -0.4 is 5.73 Å². The van der Waals surface area contributed by atoms with Crippen molar-refractivity contribution in [2.45, 2.75) is 18.8 Å². The maximum atomic E-state index is 11.7. The third-order valence-corrected chi connectivity index (χ3v) is 4.18. The smallest absolute Gasteiger partial charge is 0.358 e. The molecule has 0 bridgehead atoms. The number of aromatic nitrogens is 1. The molecule has 1 saturated carbocycles. The Morgan fingerprint density at radius 3 is 2.63 bits per heavy atom. The summed E-state index contributed by atoms with van der Waals surface area (Å²) in [6, 6.07) is 8.27. The third-order valence-electron chi connectivity index (χ3n) is 3.24. The summed E-state index contributed by atoms with van der Waals surface area (Å²) in [5, 5.41) is 0.377. The van der Waals surface area contributed by atoms with Crippen molar-refractivity contribution in [3.8, 4) is 10.4 Å². The molecule has 5 heteroatoms. The summed E-state index contributed by atoms with van der Waals surface area (Å²) in [4.78, 5) is 16.5. The largest absolute Gasteiger partial charge is 0.464 e. The first-order chi connectivity index (χ1) is 9.19. The van der Waals surface area contributed by atoms with Gasteiger partial charge >= 0.3 is 5.97 Å². The van der Waals surface area contributed by atoms with E-state index in [0.717, 1.165) is 16.4 Å². The van der Waals surface area contributed by atoms with Crippen LogP contribution in [0.15, 0.2) is 24.3 Å². The van der Waals surface area contributed by atoms with Crippen molar-refractivity contribution in [2.75, 3.05) is 12.8 Å². The first kappa shape index (κ1) is 12.2. The lowest BCUT2D eigenvalue weighted by molar-refractivity contribution is 0.0596. The van der Waals surface area contributed by atoms with Gasteiger partial charge in [-0.15, -0.1) is 0 Å². The molecule has 1 fully saturated rings. The van der Waals surface area contributed by atoms with Crippen LogP contribution in [0.5, 0.6) is 0 Å². The molecule has 0 spiro atoms. The van der Waals surface area contributed by atoms with Gasteiger partial charge in [0.05, 0.1) is 12.0 Å². The maximum Gasteiger partial charge on any atom is 0.358 e. The number of ether oxygens (including phenoxy) is 1. The standard InChI is InChI=1S/C14H14N2O2S/c1-18-13(17)11-12(19-14(15)16-11)10-6-4-9(5-7-10)8-2-3-8/h4-8H,2-3H2,1H3,(H2,15,16). The van der Waals surface area contributed by atoms with Crippen LogP contribution in [0.4, 0.5) is 5.13 Å². The third kappa shape index (κ3) is 2.33. The van der Waals surface area contributed by atoms with Gasteiger partial charge in [-0.1, -0.05) is 35.6 Å². The van der Waals surface area contributed by atoms with Gasteiger partial charge in [0.2, 0.25) is 0 Å². The SMILES string of the molecule is COC(=O)c1nc(N)sc1-c1ccc(C2CC2)cc1. The predicted octanol–water partition coefficient (Wildman–Crippen LogP) is 3.06. The molecule has 1 aliphatic carbocycles. The van der Waals surface area contributed by atoms with Gasteiger partial charge in [-0.3, -0.25) is 0 Å². The lowest BCUT2D eigenvalue weighted by atomic mass is 10.1. The summed E-state index contributed by atoms with van der Waals surface area (Å²) in [6.07, 6.45) is 2.56. The van der Waals surface area contributed by atoms with Gasteiger partial charge in [0.15, 0.2) is 10.8 Å². The Hall–Kier alpha value is -1.88. The van der Waals surface area contributed by atoms with Crippen LogP contribution in [-0.2, 0) is 4.74 Å². The van der Waals surface area contributed by atoms with Gasteiger partial charge in [0, 0.05) is 0 Å². The van der Waals surface area contributed by atoms with Crippen LogP contribution in [-0.4, -0.2) is 18.1 Å². The first-order valence-corrected chi connectivity index (χ1v) is 6.95. The van der Waals surface area contributed by atoms with E-state index in [9.17, 15) is 4.79 Å². The number of benzene rings is 1. The minimum Gasteiger partial charge on any atom is -0.464 e. The van der Waals surface area contributed by atoms with Crippen LogP contribution in [0.2, 0.25) is 0 Å². The highest BCUT2D eigenvalue weighted by molar-refractivity contribution is 7.19. The van der Waals surface area contributed by atoms with E-state index in [1.165, 1.54) is 36.9 Å². The summed E-state index contributed by atoms with van der Waals surface area (Å²) in [6.45, 7) is 0. The number of thiazole rings is 1. The van der Waals surface area contributed by atoms with E-state index < -0.39 is 5.97 Å². The summed E-state index contributed by atoms with van der Waals surface area (Å²) >= 11 is 1.31. The summed E-state index contributed by atoms with van der Waals surface area (Å²) in [7, 11) is 1.35. The zero-order valence-electron chi connectivity index (χ0n) is 10.6. The Morgan fingerprint density at radius 2 is 2.05 bits per heavy atom. The highest BCUT2D eigenvalue weighted by Crippen LogP contribution is 2.41. The molecule has 98 valence electrons. The quantitative estimate of drug-likeness (QED) is 0.874. The number of rotatable bonds is 3. The summed E-state index contributed by atoms with van der Waals surface area (Å²) in [5.74, 6) is 0.273. The van der Waals surface area contributed by atoms with Crippen LogP contribution >= 0.6 is 11.3 Å². The molecule has 1 aromatic carbocycles. The van der Waals surface area contributed by atoms with Gasteiger partial charge in [-0.25, -0.2) is 9.78 Å². The molecule has 0 aliphatic heterocycles. The normalized spacial score (nSPS) is 14.4. The Bertz CT molecular complexity index is 615. The van der Waals surface area contributed by atoms with E-state index in [1.807, 2.05) is 12.1 Å². The number of nitrogen functional groups attached to an aromatic ring is 1. The van der Waals surface area contributed by atoms with Crippen LogP contribution in [0.1, 0.15) is 34.8 Å². The zero-order valence-corrected chi connectivity index (χ0v) is 11.4. The molecular formula is C14H14N2O2S. The van der Waals surface area contributed by atoms with E-state index in [4.69, 9.17) is 10.5 Å². The number of carbonyl (C=O) groups is 1. The minimum absolute atomic E-state index is 0.296. The molecular weight excluding hydrogens is 260 g/mol. The fourth-order valence-corrected chi connectivity index (χ4v) is 2.92. The van der Waals surface area contributed by atoms with Crippen LogP contribution in [0, 0.1) is 0 Å². The van der Waals surface area contributed by atoms with Crippen molar-refractivity contribution in [3.63, 3.8) is 0 Å². The number of hydrogen-bond acceptors (Lipinski definition) is 5. The van der Waals surface area contributed by atoms with E-state index in [2.05, 4.69) is 17.1 Å². The monoisotopic (exact) mass is 274 g/mol. The first-order valence-electron chi connectivity index (χ1n) is 6.14. The molecule has 0 saturated heterocycles. The Balaban J connectivity index is 1.98. The minimum atomic E-state index is -0.450. The second-order valence-corrected chi connectivity index (χ2v) is 5.65. The Morgan fingerprint density at radius 1 is 1.37 bits per heavy atom. The van der Waals surface area contributed by atoms with Crippen LogP contribution in [0.25, 0.3) is 10.4 Å². The highest BCUT2D eigenvalue weighted by atomic mass is 32.1. The van der Waals surface area contributed by atoms with Crippen LogP contribution in [0.3, 0.4) is 0 Å². The van der Waals surface area contributed by atoms with Gasteiger partial charge in [-0.2, -0.15) is 0 Å². The molecule has 2 N–H and O–H groups in total. The number of hydrogen-bond donors (Lipinski definition) is 1. The molecule has 0 unspecified atom stereocenters. The molecule has 1 aromatic heterocycles. The molecule has 1 heterocycles. The molecule has 19 heavy (non-hydrogen) atoms. The summed E-state index contributed by atoms with van der Waals surface area (Å²) < 4.78 is 4.73. The lowest BCUT2D eigenvalue weighted by Crippen LogP contribution is -2.03. The second kappa shape index (κ2) is 4.66. The number of anilines is 1. The van der Waals surface area contributed by atoms with Crippen molar-refractivity contribution in [3.05, 3.63) is 35.5 Å². The molecule has 3 rings (SSSR count). The number of nitrogens with two attached hydrogens (primary N) is 1. The van der Waals surface area contributed by atoms with E-state index >= 15 is 0 Å². The van der Waals surface area contributed by atoms with Gasteiger partial charge in [-0.05, 0) is 29.9 Å². The van der Waals surface area contributed by atoms with Crippen molar-refractivity contribution >= 4 is 22.4 Å². The number of carbonyl (C=O) groups excluding carboxylic acids is 1. The molecule has 0 amide bonds. The lowest BCUT2D eigenvalue weighted by Gasteiger charge is -2.03.